The fourth-order valence-electron chi connectivity index (χ4n) is 3.42. The molecule has 5 heteroatoms. The summed E-state index contributed by atoms with van der Waals surface area (Å²) in [6, 6.07) is 13.4. The third kappa shape index (κ3) is 2.04. The van der Waals surface area contributed by atoms with E-state index in [1.54, 1.807) is 6.21 Å². The number of aliphatic carboxylic acids is 1. The molecule has 1 atom stereocenters. The van der Waals surface area contributed by atoms with Crippen LogP contribution in [0.25, 0.3) is 5.57 Å². The van der Waals surface area contributed by atoms with Gasteiger partial charge < -0.3 is 10.0 Å². The van der Waals surface area contributed by atoms with E-state index in [4.69, 9.17) is 0 Å². The SMILES string of the molecule is CN1c2c3c(ccc2=C(C(=O)O)C1Cc1ccccc1)=NN=C3. The Bertz CT molecular complexity index is 948. The van der Waals surface area contributed by atoms with Gasteiger partial charge in [0.05, 0.1) is 28.9 Å². The van der Waals surface area contributed by atoms with Crippen molar-refractivity contribution in [3.8, 4) is 0 Å². The highest BCUT2D eigenvalue weighted by molar-refractivity contribution is 6.14. The number of rotatable bonds is 3. The molecule has 0 amide bonds. The lowest BCUT2D eigenvalue weighted by molar-refractivity contribution is -0.130. The largest absolute Gasteiger partial charge is 0.478 e. The van der Waals surface area contributed by atoms with Gasteiger partial charge in [-0.15, -0.1) is 0 Å². The standard InChI is InChI=1S/C18H15N3O2/c1-21-15(9-11-5-3-2-4-6-11)16(18(22)23)12-7-8-14-13(17(12)21)10-19-20-14/h2-8,10,15H,9H2,1H3,(H,22,23). The van der Waals surface area contributed by atoms with Gasteiger partial charge >= 0.3 is 5.97 Å². The lowest BCUT2D eigenvalue weighted by atomic mass is 9.99. The van der Waals surface area contributed by atoms with E-state index in [1.165, 1.54) is 0 Å². The Morgan fingerprint density at radius 3 is 2.74 bits per heavy atom. The summed E-state index contributed by atoms with van der Waals surface area (Å²) in [6.45, 7) is 0. The van der Waals surface area contributed by atoms with Crippen LogP contribution in [0.4, 0.5) is 5.69 Å². The van der Waals surface area contributed by atoms with Crippen LogP contribution < -0.4 is 15.5 Å². The first-order chi connectivity index (χ1) is 11.2. The summed E-state index contributed by atoms with van der Waals surface area (Å²) in [4.78, 5) is 13.9. The van der Waals surface area contributed by atoms with Crippen molar-refractivity contribution < 1.29 is 9.90 Å². The lowest BCUT2D eigenvalue weighted by Gasteiger charge is -2.25. The number of anilines is 1. The number of hydrogen-bond donors (Lipinski definition) is 1. The van der Waals surface area contributed by atoms with Crippen LogP contribution in [0.3, 0.4) is 0 Å². The average Bonchev–Trinajstić information content (AvgIpc) is 3.11. The van der Waals surface area contributed by atoms with Gasteiger partial charge in [0.1, 0.15) is 0 Å². The second-order valence-corrected chi connectivity index (χ2v) is 5.77. The molecule has 0 radical (unpaired) electrons. The topological polar surface area (TPSA) is 65.3 Å². The van der Waals surface area contributed by atoms with Crippen molar-refractivity contribution in [1.82, 2.24) is 0 Å². The van der Waals surface area contributed by atoms with Crippen LogP contribution in [-0.2, 0) is 11.2 Å². The first-order valence-corrected chi connectivity index (χ1v) is 7.45. The third-order valence-corrected chi connectivity index (χ3v) is 4.49. The van der Waals surface area contributed by atoms with Gasteiger partial charge in [0.15, 0.2) is 0 Å². The molecule has 2 aromatic carbocycles. The van der Waals surface area contributed by atoms with E-state index >= 15 is 0 Å². The third-order valence-electron chi connectivity index (χ3n) is 4.49. The number of nitrogens with zero attached hydrogens (tertiary/aromatic N) is 3. The number of likely N-dealkylation sites (N-methyl/N-ethyl adjacent to an activating group) is 1. The van der Waals surface area contributed by atoms with E-state index in [0.717, 1.165) is 27.4 Å². The highest BCUT2D eigenvalue weighted by atomic mass is 16.4. The van der Waals surface area contributed by atoms with Crippen LogP contribution in [0.1, 0.15) is 11.1 Å². The number of carbonyl (C=O) groups is 1. The Balaban J connectivity index is 1.88. The van der Waals surface area contributed by atoms with Crippen LogP contribution in [0.15, 0.2) is 52.7 Å². The molecule has 0 aliphatic carbocycles. The Kier molecular flexibility index (Phi) is 3.01. The van der Waals surface area contributed by atoms with Gasteiger partial charge in [-0.1, -0.05) is 36.4 Å². The smallest absolute Gasteiger partial charge is 0.334 e. The molecule has 23 heavy (non-hydrogen) atoms. The fraction of sp³-hybridized carbons (Fsp3) is 0.167. The summed E-state index contributed by atoms with van der Waals surface area (Å²) in [5, 5.41) is 19.3. The molecule has 2 heterocycles. The normalized spacial score (nSPS) is 17.9. The van der Waals surface area contributed by atoms with Crippen molar-refractivity contribution in [3.63, 3.8) is 0 Å². The summed E-state index contributed by atoms with van der Waals surface area (Å²) in [5.74, 6) is -0.872. The molecular formula is C18H15N3O2. The van der Waals surface area contributed by atoms with E-state index in [1.807, 2.05) is 54.4 Å². The summed E-state index contributed by atoms with van der Waals surface area (Å²) in [5.41, 5.74) is 3.37. The van der Waals surface area contributed by atoms with E-state index in [0.29, 0.717) is 12.0 Å². The molecule has 1 N–H and O–H groups in total. The number of hydrogen-bond acceptors (Lipinski definition) is 4. The highest BCUT2D eigenvalue weighted by Gasteiger charge is 2.34. The van der Waals surface area contributed by atoms with E-state index in [-0.39, 0.29) is 6.04 Å². The summed E-state index contributed by atoms with van der Waals surface area (Å²) < 4.78 is 0. The van der Waals surface area contributed by atoms with Crippen molar-refractivity contribution in [2.75, 3.05) is 11.9 Å². The molecule has 0 aromatic heterocycles. The average molecular weight is 305 g/mol. The van der Waals surface area contributed by atoms with Crippen molar-refractivity contribution in [2.45, 2.75) is 12.5 Å². The Labute approximate surface area is 132 Å². The molecule has 2 aliphatic heterocycles. The zero-order chi connectivity index (χ0) is 16.0. The Morgan fingerprint density at radius 2 is 2.00 bits per heavy atom. The second-order valence-electron chi connectivity index (χ2n) is 5.77. The van der Waals surface area contributed by atoms with Gasteiger partial charge in [-0.25, -0.2) is 4.79 Å². The molecule has 0 saturated carbocycles. The van der Waals surface area contributed by atoms with Crippen LogP contribution in [-0.4, -0.2) is 30.4 Å². The van der Waals surface area contributed by atoms with Gasteiger partial charge in [0.2, 0.25) is 0 Å². The van der Waals surface area contributed by atoms with Gasteiger partial charge in [-0.3, -0.25) is 0 Å². The van der Waals surface area contributed by atoms with Gasteiger partial charge in [-0.05, 0) is 18.1 Å². The maximum Gasteiger partial charge on any atom is 0.334 e. The number of fused-ring (bicyclic) bond motifs is 3. The molecule has 4 rings (SSSR count). The summed E-state index contributed by atoms with van der Waals surface area (Å²) >= 11 is 0. The van der Waals surface area contributed by atoms with Crippen LogP contribution in [0, 0.1) is 0 Å². The van der Waals surface area contributed by atoms with Crippen LogP contribution >= 0.6 is 0 Å². The molecule has 114 valence electrons. The summed E-state index contributed by atoms with van der Waals surface area (Å²) in [7, 11) is 1.94. The molecule has 0 spiro atoms. The zero-order valence-corrected chi connectivity index (χ0v) is 12.6. The first-order valence-electron chi connectivity index (χ1n) is 7.45. The first kappa shape index (κ1) is 13.7. The fourth-order valence-corrected chi connectivity index (χ4v) is 3.42. The minimum atomic E-state index is -0.872. The maximum absolute atomic E-state index is 11.9. The molecule has 5 nitrogen and oxygen atoms in total. The number of carboxylic acid groups (broad SMARTS) is 1. The number of benzene rings is 2. The predicted molar refractivity (Wildman–Crippen MR) is 88.2 cm³/mol. The van der Waals surface area contributed by atoms with Crippen molar-refractivity contribution >= 4 is 23.4 Å². The van der Waals surface area contributed by atoms with Crippen molar-refractivity contribution in [3.05, 3.63) is 64.2 Å². The van der Waals surface area contributed by atoms with Crippen molar-refractivity contribution in [1.29, 1.82) is 0 Å². The Hall–Kier alpha value is -2.95. The van der Waals surface area contributed by atoms with Gasteiger partial charge in [0, 0.05) is 17.8 Å². The zero-order valence-electron chi connectivity index (χ0n) is 12.6. The summed E-state index contributed by atoms with van der Waals surface area (Å²) in [6.07, 6.45) is 2.35. The highest BCUT2D eigenvalue weighted by Crippen LogP contribution is 2.28. The lowest BCUT2D eigenvalue weighted by Crippen LogP contribution is -2.33. The molecule has 0 fully saturated rings. The van der Waals surface area contributed by atoms with Crippen LogP contribution in [0.2, 0.25) is 0 Å². The van der Waals surface area contributed by atoms with Crippen molar-refractivity contribution in [2.24, 2.45) is 10.2 Å². The minimum Gasteiger partial charge on any atom is -0.478 e. The quantitative estimate of drug-likeness (QED) is 0.918. The molecular weight excluding hydrogens is 290 g/mol. The molecule has 0 bridgehead atoms. The van der Waals surface area contributed by atoms with E-state index < -0.39 is 5.97 Å². The van der Waals surface area contributed by atoms with Crippen LogP contribution in [0.5, 0.6) is 0 Å². The Morgan fingerprint density at radius 1 is 1.22 bits per heavy atom. The second kappa shape index (κ2) is 5.05. The minimum absolute atomic E-state index is 0.203. The molecule has 0 saturated heterocycles. The number of carboxylic acids is 1. The molecule has 2 aromatic rings. The van der Waals surface area contributed by atoms with Gasteiger partial charge in [0.25, 0.3) is 0 Å². The van der Waals surface area contributed by atoms with Gasteiger partial charge in [-0.2, -0.15) is 10.2 Å². The van der Waals surface area contributed by atoms with E-state index in [2.05, 4.69) is 10.2 Å². The molecule has 1 unspecified atom stereocenters. The monoisotopic (exact) mass is 305 g/mol. The predicted octanol–water partition coefficient (Wildman–Crippen LogP) is 0.950. The maximum atomic E-state index is 11.9. The molecule has 2 aliphatic rings. The van der Waals surface area contributed by atoms with E-state index in [9.17, 15) is 9.90 Å².